The molecule has 1 aromatic rings. The molecule has 0 radical (unpaired) electrons. The van der Waals surface area contributed by atoms with E-state index < -0.39 is 5.97 Å². The Morgan fingerprint density at radius 3 is 3.00 bits per heavy atom. The van der Waals surface area contributed by atoms with E-state index in [1.54, 1.807) is 12.1 Å². The summed E-state index contributed by atoms with van der Waals surface area (Å²) in [5.74, 6) is 0.489. The van der Waals surface area contributed by atoms with Gasteiger partial charge in [-0.05, 0) is 38.6 Å². The fourth-order valence-electron chi connectivity index (χ4n) is 1.32. The number of ether oxygens (including phenoxy) is 1. The van der Waals surface area contributed by atoms with Gasteiger partial charge in [-0.25, -0.2) is 4.79 Å². The lowest BCUT2D eigenvalue weighted by atomic mass is 10.2. The number of rotatable bonds is 6. The van der Waals surface area contributed by atoms with Crippen LogP contribution in [0.1, 0.15) is 35.7 Å². The predicted molar refractivity (Wildman–Crippen MR) is 60.1 cm³/mol. The molecular weight excluding hydrogens is 208 g/mol. The molecule has 0 aliphatic rings. The second kappa shape index (κ2) is 6.30. The van der Waals surface area contributed by atoms with Gasteiger partial charge in [0.25, 0.3) is 0 Å². The van der Waals surface area contributed by atoms with Gasteiger partial charge >= 0.3 is 5.97 Å². The predicted octanol–water partition coefficient (Wildman–Crippen LogP) is 1.07. The number of furan rings is 1. The maximum atomic E-state index is 11.2. The standard InChI is InChI=1S/C11H18N2O3/c1-8(13-7-3-6-12)9-4-5-10(16-9)11(14)15-2/h4-5,8,13H,3,6-7,12H2,1-2H3. The summed E-state index contributed by atoms with van der Waals surface area (Å²) in [6.45, 7) is 3.45. The fraction of sp³-hybridized carbons (Fsp3) is 0.545. The first-order valence-electron chi connectivity index (χ1n) is 5.30. The number of esters is 1. The average molecular weight is 226 g/mol. The van der Waals surface area contributed by atoms with E-state index in [9.17, 15) is 4.79 Å². The van der Waals surface area contributed by atoms with Gasteiger partial charge in [0, 0.05) is 0 Å². The van der Waals surface area contributed by atoms with Crippen molar-refractivity contribution in [3.63, 3.8) is 0 Å². The van der Waals surface area contributed by atoms with Crippen molar-refractivity contribution in [2.24, 2.45) is 5.73 Å². The smallest absolute Gasteiger partial charge is 0.373 e. The summed E-state index contributed by atoms with van der Waals surface area (Å²) >= 11 is 0. The third-order valence-electron chi connectivity index (χ3n) is 2.27. The summed E-state index contributed by atoms with van der Waals surface area (Å²) in [4.78, 5) is 11.2. The zero-order chi connectivity index (χ0) is 12.0. The molecule has 16 heavy (non-hydrogen) atoms. The molecule has 0 aliphatic heterocycles. The van der Waals surface area contributed by atoms with Crippen LogP contribution in [0.25, 0.3) is 0 Å². The van der Waals surface area contributed by atoms with E-state index in [1.807, 2.05) is 6.92 Å². The second-order valence-electron chi connectivity index (χ2n) is 3.51. The van der Waals surface area contributed by atoms with Gasteiger partial charge in [0.05, 0.1) is 13.2 Å². The summed E-state index contributed by atoms with van der Waals surface area (Å²) < 4.78 is 9.92. The summed E-state index contributed by atoms with van der Waals surface area (Å²) in [5, 5.41) is 3.24. The SMILES string of the molecule is COC(=O)c1ccc(C(C)NCCCN)o1. The Morgan fingerprint density at radius 2 is 2.38 bits per heavy atom. The van der Waals surface area contributed by atoms with Crippen molar-refractivity contribution in [2.75, 3.05) is 20.2 Å². The number of carbonyl (C=O) groups excluding carboxylic acids is 1. The highest BCUT2D eigenvalue weighted by Crippen LogP contribution is 2.16. The lowest BCUT2D eigenvalue weighted by molar-refractivity contribution is 0.0562. The summed E-state index contributed by atoms with van der Waals surface area (Å²) in [6.07, 6.45) is 0.912. The first kappa shape index (κ1) is 12.7. The first-order valence-corrected chi connectivity index (χ1v) is 5.30. The number of methoxy groups -OCH3 is 1. The molecule has 1 unspecified atom stereocenters. The summed E-state index contributed by atoms with van der Waals surface area (Å²) in [5.41, 5.74) is 5.39. The van der Waals surface area contributed by atoms with Crippen molar-refractivity contribution in [2.45, 2.75) is 19.4 Å². The minimum Gasteiger partial charge on any atom is -0.463 e. The third kappa shape index (κ3) is 3.36. The molecule has 3 N–H and O–H groups in total. The molecule has 1 aromatic heterocycles. The van der Waals surface area contributed by atoms with E-state index in [-0.39, 0.29) is 11.8 Å². The highest BCUT2D eigenvalue weighted by atomic mass is 16.5. The number of nitrogens with two attached hydrogens (primary N) is 1. The zero-order valence-corrected chi connectivity index (χ0v) is 9.66. The monoisotopic (exact) mass is 226 g/mol. The molecule has 5 heteroatoms. The molecule has 0 aromatic carbocycles. The van der Waals surface area contributed by atoms with Crippen LogP contribution in [0, 0.1) is 0 Å². The Balaban J connectivity index is 2.52. The van der Waals surface area contributed by atoms with Gasteiger partial charge in [0.15, 0.2) is 0 Å². The van der Waals surface area contributed by atoms with Crippen molar-refractivity contribution < 1.29 is 13.9 Å². The number of nitrogens with one attached hydrogen (secondary N) is 1. The van der Waals surface area contributed by atoms with Crippen LogP contribution in [0.4, 0.5) is 0 Å². The van der Waals surface area contributed by atoms with Crippen LogP contribution in [0.2, 0.25) is 0 Å². The average Bonchev–Trinajstić information content (AvgIpc) is 2.77. The Bertz CT molecular complexity index is 336. The van der Waals surface area contributed by atoms with Gasteiger partial charge in [-0.3, -0.25) is 0 Å². The molecular formula is C11H18N2O3. The lowest BCUT2D eigenvalue weighted by Crippen LogP contribution is -2.21. The highest BCUT2D eigenvalue weighted by molar-refractivity contribution is 5.86. The minimum absolute atomic E-state index is 0.0601. The molecule has 0 saturated heterocycles. The van der Waals surface area contributed by atoms with E-state index in [1.165, 1.54) is 7.11 Å². The Morgan fingerprint density at radius 1 is 1.62 bits per heavy atom. The highest BCUT2D eigenvalue weighted by Gasteiger charge is 2.14. The van der Waals surface area contributed by atoms with Gasteiger partial charge in [-0.1, -0.05) is 0 Å². The first-order chi connectivity index (χ1) is 7.69. The molecule has 0 amide bonds. The van der Waals surface area contributed by atoms with Crippen LogP contribution in [-0.2, 0) is 4.74 Å². The lowest BCUT2D eigenvalue weighted by Gasteiger charge is -2.10. The molecule has 0 aliphatic carbocycles. The van der Waals surface area contributed by atoms with Crippen LogP contribution in [0.15, 0.2) is 16.5 Å². The van der Waals surface area contributed by atoms with Crippen LogP contribution >= 0.6 is 0 Å². The number of hydrogen-bond acceptors (Lipinski definition) is 5. The maximum absolute atomic E-state index is 11.2. The Kier molecular flexibility index (Phi) is 5.01. The van der Waals surface area contributed by atoms with Crippen LogP contribution in [0.5, 0.6) is 0 Å². The summed E-state index contributed by atoms with van der Waals surface area (Å²) in [6, 6.07) is 3.44. The van der Waals surface area contributed by atoms with Gasteiger partial charge in [0.1, 0.15) is 5.76 Å². The van der Waals surface area contributed by atoms with Crippen molar-refractivity contribution in [3.05, 3.63) is 23.7 Å². The van der Waals surface area contributed by atoms with E-state index in [0.717, 1.165) is 18.7 Å². The van der Waals surface area contributed by atoms with Crippen LogP contribution in [0.3, 0.4) is 0 Å². The molecule has 1 atom stereocenters. The molecule has 0 spiro atoms. The summed E-state index contributed by atoms with van der Waals surface area (Å²) in [7, 11) is 1.33. The van der Waals surface area contributed by atoms with Crippen molar-refractivity contribution in [3.8, 4) is 0 Å². The van der Waals surface area contributed by atoms with E-state index in [0.29, 0.717) is 6.54 Å². The quantitative estimate of drug-likeness (QED) is 0.560. The Hall–Kier alpha value is -1.33. The molecule has 0 fully saturated rings. The largest absolute Gasteiger partial charge is 0.463 e. The van der Waals surface area contributed by atoms with Crippen LogP contribution < -0.4 is 11.1 Å². The molecule has 90 valence electrons. The molecule has 1 heterocycles. The van der Waals surface area contributed by atoms with E-state index in [4.69, 9.17) is 10.2 Å². The minimum atomic E-state index is -0.458. The van der Waals surface area contributed by atoms with Crippen LogP contribution in [-0.4, -0.2) is 26.2 Å². The topological polar surface area (TPSA) is 77.5 Å². The number of carbonyl (C=O) groups is 1. The fourth-order valence-corrected chi connectivity index (χ4v) is 1.32. The molecule has 1 rings (SSSR count). The maximum Gasteiger partial charge on any atom is 0.373 e. The van der Waals surface area contributed by atoms with Crippen molar-refractivity contribution >= 4 is 5.97 Å². The Labute approximate surface area is 94.9 Å². The molecule has 0 saturated carbocycles. The van der Waals surface area contributed by atoms with Crippen molar-refractivity contribution in [1.82, 2.24) is 5.32 Å². The zero-order valence-electron chi connectivity index (χ0n) is 9.66. The molecule has 0 bridgehead atoms. The van der Waals surface area contributed by atoms with Gasteiger partial charge < -0.3 is 20.2 Å². The van der Waals surface area contributed by atoms with Gasteiger partial charge in [-0.2, -0.15) is 0 Å². The van der Waals surface area contributed by atoms with E-state index >= 15 is 0 Å². The normalized spacial score (nSPS) is 12.4. The number of hydrogen-bond donors (Lipinski definition) is 2. The van der Waals surface area contributed by atoms with E-state index in [2.05, 4.69) is 10.1 Å². The van der Waals surface area contributed by atoms with Gasteiger partial charge in [-0.15, -0.1) is 0 Å². The second-order valence-corrected chi connectivity index (χ2v) is 3.51. The molecule has 5 nitrogen and oxygen atoms in total. The van der Waals surface area contributed by atoms with Gasteiger partial charge in [0.2, 0.25) is 5.76 Å². The van der Waals surface area contributed by atoms with Crippen molar-refractivity contribution in [1.29, 1.82) is 0 Å². The third-order valence-corrected chi connectivity index (χ3v) is 2.27.